The third-order valence-electron chi connectivity index (χ3n) is 4.34. The Morgan fingerprint density at radius 2 is 1.77 bits per heavy atom. The lowest BCUT2D eigenvalue weighted by Gasteiger charge is -2.22. The normalized spacial score (nSPS) is 10.5. The summed E-state index contributed by atoms with van der Waals surface area (Å²) in [6, 6.07) is 17.9. The van der Waals surface area contributed by atoms with Crippen molar-refractivity contribution in [1.29, 1.82) is 0 Å². The molecule has 0 spiro atoms. The maximum absolute atomic E-state index is 13.4. The minimum Gasteiger partial charge on any atom is -0.480 e. The highest BCUT2D eigenvalue weighted by molar-refractivity contribution is 6.30. The molecular formula is C23H19ClFNO4. The first-order valence-corrected chi connectivity index (χ1v) is 9.50. The molecule has 5 nitrogen and oxygen atoms in total. The second kappa shape index (κ2) is 9.41. The number of amides is 1. The van der Waals surface area contributed by atoms with Gasteiger partial charge in [0.2, 0.25) is 0 Å². The van der Waals surface area contributed by atoms with Crippen molar-refractivity contribution in [2.75, 3.05) is 6.54 Å². The highest BCUT2D eigenvalue weighted by Crippen LogP contribution is 2.27. The fourth-order valence-electron chi connectivity index (χ4n) is 2.86. The Kier molecular flexibility index (Phi) is 6.69. The summed E-state index contributed by atoms with van der Waals surface area (Å²) in [5.74, 6) is -1.43. The van der Waals surface area contributed by atoms with Crippen LogP contribution in [0.2, 0.25) is 5.02 Å². The lowest BCUT2D eigenvalue weighted by atomic mass is 10.1. The average Bonchev–Trinajstić information content (AvgIpc) is 2.71. The smallest absolute Gasteiger partial charge is 0.323 e. The van der Waals surface area contributed by atoms with Crippen molar-refractivity contribution in [3.05, 3.63) is 94.3 Å². The molecule has 0 atom stereocenters. The molecule has 0 unspecified atom stereocenters. The molecule has 154 valence electrons. The number of halogens is 2. The second-order valence-electron chi connectivity index (χ2n) is 6.71. The standard InChI is InChI=1S/C23H19ClFNO4/c1-15-6-9-17(10-7-15)30-21-5-3-2-4-18(21)23(29)26(14-22(27)28)13-16-8-11-20(25)19(24)12-16/h2-12H,13-14H2,1H3,(H,27,28). The number of ether oxygens (including phenoxy) is 1. The summed E-state index contributed by atoms with van der Waals surface area (Å²) >= 11 is 5.81. The number of rotatable bonds is 7. The van der Waals surface area contributed by atoms with Gasteiger partial charge >= 0.3 is 5.97 Å². The van der Waals surface area contributed by atoms with Crippen molar-refractivity contribution < 1.29 is 23.8 Å². The summed E-state index contributed by atoms with van der Waals surface area (Å²) in [5.41, 5.74) is 1.79. The molecule has 0 aliphatic rings. The molecule has 1 amide bonds. The van der Waals surface area contributed by atoms with Crippen LogP contribution in [0.5, 0.6) is 11.5 Å². The van der Waals surface area contributed by atoms with Gasteiger partial charge in [-0.25, -0.2) is 4.39 Å². The molecule has 0 heterocycles. The van der Waals surface area contributed by atoms with Gasteiger partial charge in [-0.3, -0.25) is 9.59 Å². The van der Waals surface area contributed by atoms with E-state index >= 15 is 0 Å². The Hall–Kier alpha value is -3.38. The highest BCUT2D eigenvalue weighted by atomic mass is 35.5. The predicted octanol–water partition coefficient (Wildman–Crippen LogP) is 5.31. The molecule has 3 rings (SSSR count). The zero-order valence-electron chi connectivity index (χ0n) is 16.1. The molecular weight excluding hydrogens is 409 g/mol. The summed E-state index contributed by atoms with van der Waals surface area (Å²) < 4.78 is 19.3. The van der Waals surface area contributed by atoms with Crippen molar-refractivity contribution in [3.63, 3.8) is 0 Å². The predicted molar refractivity (Wildman–Crippen MR) is 111 cm³/mol. The van der Waals surface area contributed by atoms with Gasteiger partial charge in [-0.2, -0.15) is 0 Å². The van der Waals surface area contributed by atoms with Gasteiger partial charge in [0.1, 0.15) is 23.9 Å². The number of hydrogen-bond donors (Lipinski definition) is 1. The number of benzene rings is 3. The van der Waals surface area contributed by atoms with Crippen molar-refractivity contribution in [2.45, 2.75) is 13.5 Å². The summed E-state index contributed by atoms with van der Waals surface area (Å²) in [5, 5.41) is 9.18. The van der Waals surface area contributed by atoms with E-state index in [0.29, 0.717) is 17.1 Å². The molecule has 0 aliphatic carbocycles. The molecule has 0 saturated carbocycles. The van der Waals surface area contributed by atoms with Crippen LogP contribution < -0.4 is 4.74 Å². The third kappa shape index (κ3) is 5.36. The number of hydrogen-bond acceptors (Lipinski definition) is 3. The van der Waals surface area contributed by atoms with Crippen LogP contribution in [0.1, 0.15) is 21.5 Å². The summed E-state index contributed by atoms with van der Waals surface area (Å²) in [6.07, 6.45) is 0. The van der Waals surface area contributed by atoms with E-state index in [1.165, 1.54) is 18.2 Å². The Balaban J connectivity index is 1.89. The summed E-state index contributed by atoms with van der Waals surface area (Å²) in [6.45, 7) is 1.36. The van der Waals surface area contributed by atoms with Crippen molar-refractivity contribution in [2.24, 2.45) is 0 Å². The first-order valence-electron chi connectivity index (χ1n) is 9.12. The minimum atomic E-state index is -1.17. The topological polar surface area (TPSA) is 66.8 Å². The van der Waals surface area contributed by atoms with Gasteiger partial charge < -0.3 is 14.7 Å². The molecule has 0 bridgehead atoms. The van der Waals surface area contributed by atoms with Crippen LogP contribution in [0, 0.1) is 12.7 Å². The average molecular weight is 428 g/mol. The second-order valence-corrected chi connectivity index (χ2v) is 7.12. The Morgan fingerprint density at radius 1 is 1.07 bits per heavy atom. The first kappa shape index (κ1) is 21.3. The van der Waals surface area contributed by atoms with Gasteiger partial charge in [0, 0.05) is 6.54 Å². The number of carboxylic acids is 1. The fraction of sp³-hybridized carbons (Fsp3) is 0.130. The zero-order chi connectivity index (χ0) is 21.7. The van der Waals surface area contributed by atoms with Crippen molar-refractivity contribution in [3.8, 4) is 11.5 Å². The molecule has 0 aliphatic heterocycles. The largest absolute Gasteiger partial charge is 0.480 e. The Labute approximate surface area is 178 Å². The van der Waals surface area contributed by atoms with Gasteiger partial charge in [-0.15, -0.1) is 0 Å². The van der Waals surface area contributed by atoms with Crippen LogP contribution in [-0.2, 0) is 11.3 Å². The minimum absolute atomic E-state index is 0.0516. The van der Waals surface area contributed by atoms with Gasteiger partial charge in [-0.05, 0) is 48.9 Å². The maximum Gasteiger partial charge on any atom is 0.323 e. The monoisotopic (exact) mass is 427 g/mol. The van der Waals surface area contributed by atoms with Crippen LogP contribution in [0.3, 0.4) is 0 Å². The number of carbonyl (C=O) groups is 2. The number of aryl methyl sites for hydroxylation is 1. The molecule has 3 aromatic rings. The summed E-state index contributed by atoms with van der Waals surface area (Å²) in [4.78, 5) is 25.7. The lowest BCUT2D eigenvalue weighted by molar-refractivity contribution is -0.137. The SMILES string of the molecule is Cc1ccc(Oc2ccccc2C(=O)N(CC(=O)O)Cc2ccc(F)c(Cl)c2)cc1. The van der Waals surface area contributed by atoms with E-state index in [-0.39, 0.29) is 17.1 Å². The van der Waals surface area contributed by atoms with Gasteiger partial charge in [-0.1, -0.05) is 47.5 Å². The third-order valence-corrected chi connectivity index (χ3v) is 4.63. The van der Waals surface area contributed by atoms with Crippen LogP contribution in [-0.4, -0.2) is 28.4 Å². The van der Waals surface area contributed by atoms with Crippen LogP contribution in [0.25, 0.3) is 0 Å². The highest BCUT2D eigenvalue weighted by Gasteiger charge is 2.22. The van der Waals surface area contributed by atoms with Crippen molar-refractivity contribution >= 4 is 23.5 Å². The zero-order valence-corrected chi connectivity index (χ0v) is 16.9. The Morgan fingerprint density at radius 3 is 2.43 bits per heavy atom. The maximum atomic E-state index is 13.4. The van der Waals surface area contributed by atoms with Gasteiger partial charge in [0.05, 0.1) is 10.6 Å². The van der Waals surface area contributed by atoms with Crippen molar-refractivity contribution in [1.82, 2.24) is 4.90 Å². The summed E-state index contributed by atoms with van der Waals surface area (Å²) in [7, 11) is 0. The number of carboxylic acid groups (broad SMARTS) is 1. The molecule has 1 N–H and O–H groups in total. The molecule has 7 heteroatoms. The lowest BCUT2D eigenvalue weighted by Crippen LogP contribution is -2.35. The van der Waals surface area contributed by atoms with E-state index in [2.05, 4.69) is 0 Å². The molecule has 0 radical (unpaired) electrons. The number of carbonyl (C=O) groups excluding carboxylic acids is 1. The number of para-hydroxylation sites is 1. The van der Waals surface area contributed by atoms with Crippen LogP contribution in [0.15, 0.2) is 66.7 Å². The first-order chi connectivity index (χ1) is 14.3. The molecule has 30 heavy (non-hydrogen) atoms. The van der Waals surface area contributed by atoms with E-state index in [1.807, 2.05) is 19.1 Å². The van der Waals surface area contributed by atoms with E-state index < -0.39 is 24.2 Å². The van der Waals surface area contributed by atoms with Gasteiger partial charge in [0.15, 0.2) is 0 Å². The molecule has 0 fully saturated rings. The van der Waals surface area contributed by atoms with Gasteiger partial charge in [0.25, 0.3) is 5.91 Å². The number of aliphatic carboxylic acids is 1. The van der Waals surface area contributed by atoms with E-state index in [0.717, 1.165) is 10.5 Å². The number of nitrogens with zero attached hydrogens (tertiary/aromatic N) is 1. The van der Waals surface area contributed by atoms with E-state index in [4.69, 9.17) is 16.3 Å². The molecule has 0 saturated heterocycles. The fourth-order valence-corrected chi connectivity index (χ4v) is 3.06. The molecule has 3 aromatic carbocycles. The van der Waals surface area contributed by atoms with E-state index in [1.54, 1.807) is 36.4 Å². The quantitative estimate of drug-likeness (QED) is 0.555. The van der Waals surface area contributed by atoms with Crippen LogP contribution >= 0.6 is 11.6 Å². The molecule has 0 aromatic heterocycles. The van der Waals surface area contributed by atoms with E-state index in [9.17, 15) is 19.1 Å². The van der Waals surface area contributed by atoms with Crippen LogP contribution in [0.4, 0.5) is 4.39 Å². The Bertz CT molecular complexity index is 1070.